The van der Waals surface area contributed by atoms with Gasteiger partial charge in [0, 0.05) is 5.69 Å². The minimum atomic E-state index is -1.03. The number of carbonyl (C=O) groups is 4. The van der Waals surface area contributed by atoms with Crippen LogP contribution in [-0.2, 0) is 19.1 Å². The molecule has 0 radical (unpaired) electrons. The topological polar surface area (TPSA) is 130 Å². The average molecular weight is 451 g/mol. The molecule has 1 N–H and O–H groups in total. The monoisotopic (exact) mass is 451 g/mol. The van der Waals surface area contributed by atoms with Crippen molar-refractivity contribution in [3.05, 3.63) is 54.1 Å². The molecule has 0 spiro atoms. The summed E-state index contributed by atoms with van der Waals surface area (Å²) >= 11 is 0. The van der Waals surface area contributed by atoms with Gasteiger partial charge in [0.2, 0.25) is 5.91 Å². The Kier molecular flexibility index (Phi) is 6.03. The number of para-hydroxylation sites is 2. The summed E-state index contributed by atoms with van der Waals surface area (Å²) in [5.74, 6) is -1.62. The number of methoxy groups -OCH3 is 1. The van der Waals surface area contributed by atoms with Crippen LogP contribution in [0.4, 0.5) is 11.4 Å². The number of benzene rings is 2. The third-order valence-electron chi connectivity index (χ3n) is 5.17. The highest BCUT2D eigenvalue weighted by atomic mass is 16.5. The standard InChI is InChI=1S/C22H21N5O6/c1-3-33-22(31)13-8-10-14(11-9-13)23-17(28)12-26-19-18(24-25-26)20(29)27(21(19)30)15-6-4-5-7-16(15)32-2/h4-11,18-19H,3,12H2,1-2H3,(H,23,28)/t18-,19+/m0/s1. The van der Waals surface area contributed by atoms with Crippen molar-refractivity contribution in [1.29, 1.82) is 0 Å². The number of esters is 1. The summed E-state index contributed by atoms with van der Waals surface area (Å²) < 4.78 is 10.2. The summed E-state index contributed by atoms with van der Waals surface area (Å²) in [5.41, 5.74) is 1.12. The van der Waals surface area contributed by atoms with Crippen LogP contribution in [0.3, 0.4) is 0 Å². The fourth-order valence-electron chi connectivity index (χ4n) is 3.66. The van der Waals surface area contributed by atoms with E-state index in [-0.39, 0.29) is 13.2 Å². The fraction of sp³-hybridized carbons (Fsp3) is 0.273. The lowest BCUT2D eigenvalue weighted by atomic mass is 10.1. The number of fused-ring (bicyclic) bond motifs is 1. The molecule has 2 aliphatic rings. The van der Waals surface area contributed by atoms with E-state index in [2.05, 4.69) is 15.7 Å². The molecule has 2 aromatic carbocycles. The van der Waals surface area contributed by atoms with Crippen LogP contribution in [0.2, 0.25) is 0 Å². The first-order valence-corrected chi connectivity index (χ1v) is 10.2. The van der Waals surface area contributed by atoms with Crippen molar-refractivity contribution in [2.45, 2.75) is 19.0 Å². The number of nitrogens with one attached hydrogen (secondary N) is 1. The maximum atomic E-state index is 13.1. The first-order valence-electron chi connectivity index (χ1n) is 10.2. The highest BCUT2D eigenvalue weighted by Gasteiger charge is 2.55. The number of anilines is 2. The summed E-state index contributed by atoms with van der Waals surface area (Å²) in [5, 5.41) is 11.7. The maximum absolute atomic E-state index is 13.1. The Bertz CT molecular complexity index is 1130. The van der Waals surface area contributed by atoms with E-state index in [0.717, 1.165) is 4.90 Å². The molecule has 11 heteroatoms. The summed E-state index contributed by atoms with van der Waals surface area (Å²) in [6.07, 6.45) is 0. The maximum Gasteiger partial charge on any atom is 0.338 e. The van der Waals surface area contributed by atoms with Crippen molar-refractivity contribution in [2.24, 2.45) is 10.3 Å². The smallest absolute Gasteiger partial charge is 0.338 e. The second kappa shape index (κ2) is 9.07. The highest BCUT2D eigenvalue weighted by molar-refractivity contribution is 6.26. The molecule has 11 nitrogen and oxygen atoms in total. The number of carbonyl (C=O) groups excluding carboxylic acids is 4. The van der Waals surface area contributed by atoms with Gasteiger partial charge in [0.15, 0.2) is 12.1 Å². The lowest BCUT2D eigenvalue weighted by molar-refractivity contribution is -0.123. The summed E-state index contributed by atoms with van der Waals surface area (Å²) in [4.78, 5) is 51.2. The van der Waals surface area contributed by atoms with Crippen molar-refractivity contribution in [1.82, 2.24) is 5.01 Å². The Morgan fingerprint density at radius 2 is 1.79 bits per heavy atom. The Hall–Kier alpha value is -4.28. The molecule has 2 aliphatic heterocycles. The number of amides is 3. The number of hydrogen-bond donors (Lipinski definition) is 1. The molecule has 170 valence electrons. The van der Waals surface area contributed by atoms with Crippen LogP contribution < -0.4 is 15.0 Å². The molecule has 3 amide bonds. The molecule has 2 aromatic rings. The first-order chi connectivity index (χ1) is 15.9. The van der Waals surface area contributed by atoms with Crippen LogP contribution in [0.1, 0.15) is 17.3 Å². The Labute approximate surface area is 188 Å². The summed E-state index contributed by atoms with van der Waals surface area (Å²) in [7, 11) is 1.44. The molecular weight excluding hydrogens is 430 g/mol. The molecule has 1 fully saturated rings. The van der Waals surface area contributed by atoms with Crippen LogP contribution in [0.15, 0.2) is 58.9 Å². The van der Waals surface area contributed by atoms with Gasteiger partial charge in [0.05, 0.1) is 25.0 Å². The van der Waals surface area contributed by atoms with Gasteiger partial charge in [-0.2, -0.15) is 5.11 Å². The van der Waals surface area contributed by atoms with Crippen LogP contribution in [0.5, 0.6) is 5.75 Å². The van der Waals surface area contributed by atoms with Crippen molar-refractivity contribution in [3.63, 3.8) is 0 Å². The third-order valence-corrected chi connectivity index (χ3v) is 5.17. The molecule has 33 heavy (non-hydrogen) atoms. The zero-order chi connectivity index (χ0) is 23.5. The number of nitrogens with zero attached hydrogens (tertiary/aromatic N) is 4. The minimum Gasteiger partial charge on any atom is -0.495 e. The van der Waals surface area contributed by atoms with Gasteiger partial charge in [-0.05, 0) is 43.3 Å². The predicted molar refractivity (Wildman–Crippen MR) is 116 cm³/mol. The molecule has 2 heterocycles. The number of imide groups is 1. The van der Waals surface area contributed by atoms with Crippen molar-refractivity contribution >= 4 is 35.1 Å². The van der Waals surface area contributed by atoms with Crippen LogP contribution in [0, 0.1) is 0 Å². The Morgan fingerprint density at radius 3 is 2.48 bits per heavy atom. The van der Waals surface area contributed by atoms with Gasteiger partial charge in [-0.25, -0.2) is 9.69 Å². The SMILES string of the molecule is CCOC(=O)c1ccc(NC(=O)CN2N=N[C@@H]3C(=O)N(c4ccccc4OC)C(=O)[C@@H]32)cc1. The van der Waals surface area contributed by atoms with Gasteiger partial charge in [0.1, 0.15) is 12.3 Å². The molecule has 2 atom stereocenters. The van der Waals surface area contributed by atoms with E-state index in [1.807, 2.05) is 0 Å². The van der Waals surface area contributed by atoms with Crippen LogP contribution >= 0.6 is 0 Å². The van der Waals surface area contributed by atoms with Gasteiger partial charge >= 0.3 is 5.97 Å². The normalized spacial score (nSPS) is 19.0. The van der Waals surface area contributed by atoms with E-state index in [1.54, 1.807) is 43.3 Å². The quantitative estimate of drug-likeness (QED) is 0.502. The zero-order valence-electron chi connectivity index (χ0n) is 17.9. The van der Waals surface area contributed by atoms with Crippen molar-refractivity contribution < 1.29 is 28.7 Å². The first kappa shape index (κ1) is 21.9. The highest BCUT2D eigenvalue weighted by Crippen LogP contribution is 2.36. The van der Waals surface area contributed by atoms with E-state index in [4.69, 9.17) is 9.47 Å². The van der Waals surface area contributed by atoms with E-state index in [0.29, 0.717) is 22.7 Å². The number of hydrogen-bond acceptors (Lipinski definition) is 9. The zero-order valence-corrected chi connectivity index (χ0v) is 17.9. The Morgan fingerprint density at radius 1 is 1.06 bits per heavy atom. The number of rotatable bonds is 7. The van der Waals surface area contributed by atoms with Crippen LogP contribution in [0.25, 0.3) is 0 Å². The largest absolute Gasteiger partial charge is 0.495 e. The van der Waals surface area contributed by atoms with E-state index in [9.17, 15) is 19.2 Å². The van der Waals surface area contributed by atoms with Crippen molar-refractivity contribution in [3.8, 4) is 5.75 Å². The number of ether oxygens (including phenoxy) is 2. The molecule has 4 rings (SSSR count). The molecule has 0 aliphatic carbocycles. The second-order valence-electron chi connectivity index (χ2n) is 7.22. The molecular formula is C22H21N5O6. The Balaban J connectivity index is 1.43. The molecule has 0 unspecified atom stereocenters. The lowest BCUT2D eigenvalue weighted by Crippen LogP contribution is -2.43. The fourth-order valence-corrected chi connectivity index (χ4v) is 3.66. The van der Waals surface area contributed by atoms with E-state index < -0.39 is 35.8 Å². The van der Waals surface area contributed by atoms with Crippen molar-refractivity contribution in [2.75, 3.05) is 30.5 Å². The minimum absolute atomic E-state index is 0.263. The lowest BCUT2D eigenvalue weighted by Gasteiger charge is -2.21. The summed E-state index contributed by atoms with van der Waals surface area (Å²) in [6, 6.07) is 10.8. The van der Waals surface area contributed by atoms with Gasteiger partial charge in [0.25, 0.3) is 11.8 Å². The van der Waals surface area contributed by atoms with Gasteiger partial charge < -0.3 is 14.8 Å². The van der Waals surface area contributed by atoms with Crippen LogP contribution in [-0.4, -0.2) is 61.0 Å². The molecule has 0 saturated carbocycles. The van der Waals surface area contributed by atoms with Gasteiger partial charge in [-0.3, -0.25) is 19.4 Å². The molecule has 1 saturated heterocycles. The second-order valence-corrected chi connectivity index (χ2v) is 7.22. The van der Waals surface area contributed by atoms with E-state index >= 15 is 0 Å². The van der Waals surface area contributed by atoms with Gasteiger partial charge in [-0.1, -0.05) is 17.4 Å². The van der Waals surface area contributed by atoms with E-state index in [1.165, 1.54) is 24.3 Å². The summed E-state index contributed by atoms with van der Waals surface area (Å²) in [6.45, 7) is 1.69. The predicted octanol–water partition coefficient (Wildman–Crippen LogP) is 1.80. The third kappa shape index (κ3) is 4.12. The molecule has 0 bridgehead atoms. The average Bonchev–Trinajstić information content (AvgIpc) is 3.33. The molecule has 0 aromatic heterocycles. The van der Waals surface area contributed by atoms with Gasteiger partial charge in [-0.15, -0.1) is 0 Å².